The Morgan fingerprint density at radius 2 is 1.97 bits per heavy atom. The third-order valence-corrected chi connectivity index (χ3v) is 7.71. The number of hydrogen-bond donors (Lipinski definition) is 2. The number of nitrogens with zero attached hydrogens (tertiary/aromatic N) is 2. The molecule has 1 aromatic rings. The number of nitrogens with one attached hydrogen (secondary N) is 2. The Balaban J connectivity index is 1.72. The number of ether oxygens (including phenoxy) is 1. The molecule has 2 amide bonds. The lowest BCUT2D eigenvalue weighted by atomic mass is 9.73. The number of amides is 2. The molecule has 2 aliphatic rings. The van der Waals surface area contributed by atoms with E-state index in [2.05, 4.69) is 41.3 Å². The summed E-state index contributed by atoms with van der Waals surface area (Å²) in [7, 11) is 0. The predicted molar refractivity (Wildman–Crippen MR) is 127 cm³/mol. The fraction of sp³-hybridized carbons (Fsp3) is 0.792. The molecule has 0 aliphatic carbocycles. The maximum atomic E-state index is 13.6. The zero-order chi connectivity index (χ0) is 23.1. The van der Waals surface area contributed by atoms with Gasteiger partial charge in [-0.25, -0.2) is 4.98 Å². The number of carbonyl (C=O) groups excluding carboxylic acids is 2. The molecule has 3 heterocycles. The van der Waals surface area contributed by atoms with Gasteiger partial charge >= 0.3 is 0 Å². The highest BCUT2D eigenvalue weighted by atomic mass is 32.1. The fourth-order valence-corrected chi connectivity index (χ4v) is 5.56. The van der Waals surface area contributed by atoms with Gasteiger partial charge in [-0.1, -0.05) is 20.3 Å². The second kappa shape index (κ2) is 11.6. The van der Waals surface area contributed by atoms with Crippen molar-refractivity contribution in [2.24, 2.45) is 11.3 Å². The van der Waals surface area contributed by atoms with Gasteiger partial charge in [-0.15, -0.1) is 11.3 Å². The minimum Gasteiger partial charge on any atom is -0.379 e. The smallest absolute Gasteiger partial charge is 0.242 e. The van der Waals surface area contributed by atoms with Gasteiger partial charge in [0, 0.05) is 24.1 Å². The number of piperidine rings is 1. The maximum absolute atomic E-state index is 13.6. The number of aromatic nitrogens is 1. The first-order valence-electron chi connectivity index (χ1n) is 12.1. The molecule has 1 aromatic heterocycles. The van der Waals surface area contributed by atoms with E-state index in [1.807, 2.05) is 12.4 Å². The number of thiazole rings is 1. The number of aryl methyl sites for hydroxylation is 1. The summed E-state index contributed by atoms with van der Waals surface area (Å²) in [5.74, 6) is 0.268. The van der Waals surface area contributed by atoms with Crippen molar-refractivity contribution in [3.63, 3.8) is 0 Å². The van der Waals surface area contributed by atoms with Gasteiger partial charge in [0.2, 0.25) is 11.8 Å². The summed E-state index contributed by atoms with van der Waals surface area (Å²) in [6, 6.07) is -0.567. The minimum absolute atomic E-state index is 0.0553. The summed E-state index contributed by atoms with van der Waals surface area (Å²) in [6.07, 6.45) is 5.04. The van der Waals surface area contributed by atoms with Crippen LogP contribution in [-0.4, -0.2) is 60.1 Å². The lowest BCUT2D eigenvalue weighted by Gasteiger charge is -2.41. The van der Waals surface area contributed by atoms with E-state index in [9.17, 15) is 9.59 Å². The van der Waals surface area contributed by atoms with Gasteiger partial charge in [-0.3, -0.25) is 14.5 Å². The molecule has 1 spiro atoms. The SMILES string of the molecule is Cc1ncsc1CN1CCC2(CCCCOC[C@@H](C)NC(=O)[C@H](CC(C)C)NC2=O)CC1. The molecular weight excluding hydrogens is 424 g/mol. The van der Waals surface area contributed by atoms with Crippen molar-refractivity contribution in [1.82, 2.24) is 20.5 Å². The number of hydrogen-bond acceptors (Lipinski definition) is 6. The quantitative estimate of drug-likeness (QED) is 0.715. The summed E-state index contributed by atoms with van der Waals surface area (Å²) in [5, 5.41) is 6.20. The molecule has 7 nitrogen and oxygen atoms in total. The van der Waals surface area contributed by atoms with Crippen molar-refractivity contribution in [2.75, 3.05) is 26.3 Å². The Morgan fingerprint density at radius 1 is 1.22 bits per heavy atom. The molecule has 0 radical (unpaired) electrons. The van der Waals surface area contributed by atoms with Crippen molar-refractivity contribution < 1.29 is 14.3 Å². The Labute approximate surface area is 196 Å². The summed E-state index contributed by atoms with van der Waals surface area (Å²) in [4.78, 5) is 34.7. The van der Waals surface area contributed by atoms with Crippen LogP contribution in [0.25, 0.3) is 0 Å². The number of carbonyl (C=O) groups is 2. The minimum atomic E-state index is -0.500. The van der Waals surface area contributed by atoms with Crippen molar-refractivity contribution in [3.05, 3.63) is 16.1 Å². The lowest BCUT2D eigenvalue weighted by molar-refractivity contribution is -0.138. The fourth-order valence-electron chi connectivity index (χ4n) is 4.74. The summed E-state index contributed by atoms with van der Waals surface area (Å²) in [6.45, 7) is 12.0. The average molecular weight is 465 g/mol. The van der Waals surface area contributed by atoms with Crippen molar-refractivity contribution >= 4 is 23.2 Å². The summed E-state index contributed by atoms with van der Waals surface area (Å²) < 4.78 is 5.78. The topological polar surface area (TPSA) is 83.6 Å². The van der Waals surface area contributed by atoms with E-state index >= 15 is 0 Å². The van der Waals surface area contributed by atoms with Crippen LogP contribution in [0.15, 0.2) is 5.51 Å². The molecular formula is C24H40N4O3S. The first kappa shape index (κ1) is 25.1. The van der Waals surface area contributed by atoms with E-state index in [0.717, 1.165) is 57.4 Å². The van der Waals surface area contributed by atoms with Gasteiger partial charge in [-0.2, -0.15) is 0 Å². The Morgan fingerprint density at radius 3 is 2.62 bits per heavy atom. The van der Waals surface area contributed by atoms with Gasteiger partial charge in [-0.05, 0) is 65.0 Å². The van der Waals surface area contributed by atoms with Crippen molar-refractivity contribution in [1.29, 1.82) is 0 Å². The standard InChI is InChI=1S/C24H40N4O3S/c1-17(2)13-20-22(29)26-18(3)15-31-12-6-5-7-24(23(30)27-20)8-10-28(11-9-24)14-21-19(4)25-16-32-21/h16-18,20H,5-15H2,1-4H3,(H,26,29)(H,27,30)/t18-,20+/m1/s1. The molecule has 2 atom stereocenters. The van der Waals surface area contributed by atoms with Gasteiger partial charge in [0.05, 0.1) is 23.2 Å². The highest BCUT2D eigenvalue weighted by Crippen LogP contribution is 2.38. The highest BCUT2D eigenvalue weighted by Gasteiger charge is 2.42. The Bertz CT molecular complexity index is 758. The third-order valence-electron chi connectivity index (χ3n) is 6.79. The Kier molecular flexibility index (Phi) is 9.08. The molecule has 0 bridgehead atoms. The van der Waals surface area contributed by atoms with Crippen LogP contribution in [0.2, 0.25) is 0 Å². The maximum Gasteiger partial charge on any atom is 0.242 e. The van der Waals surface area contributed by atoms with Crippen LogP contribution >= 0.6 is 11.3 Å². The number of likely N-dealkylation sites (tertiary alicyclic amines) is 1. The van der Waals surface area contributed by atoms with E-state index < -0.39 is 11.5 Å². The van der Waals surface area contributed by atoms with E-state index in [1.165, 1.54) is 4.88 Å². The molecule has 2 saturated heterocycles. The van der Waals surface area contributed by atoms with Crippen molar-refractivity contribution in [3.8, 4) is 0 Å². The lowest BCUT2D eigenvalue weighted by Crippen LogP contribution is -2.55. The third kappa shape index (κ3) is 6.75. The zero-order valence-electron chi connectivity index (χ0n) is 20.1. The monoisotopic (exact) mass is 464 g/mol. The van der Waals surface area contributed by atoms with Crippen LogP contribution in [0.3, 0.4) is 0 Å². The first-order chi connectivity index (χ1) is 15.3. The highest BCUT2D eigenvalue weighted by molar-refractivity contribution is 7.09. The molecule has 2 aliphatic heterocycles. The van der Waals surface area contributed by atoms with Crippen LogP contribution in [0.1, 0.15) is 69.9 Å². The molecule has 0 aromatic carbocycles. The largest absolute Gasteiger partial charge is 0.379 e. The molecule has 0 unspecified atom stereocenters. The molecule has 8 heteroatoms. The van der Waals surface area contributed by atoms with E-state index in [-0.39, 0.29) is 17.9 Å². The molecule has 0 saturated carbocycles. The second-order valence-electron chi connectivity index (χ2n) is 10.0. The van der Waals surface area contributed by atoms with Gasteiger partial charge in [0.1, 0.15) is 6.04 Å². The molecule has 32 heavy (non-hydrogen) atoms. The molecule has 2 fully saturated rings. The van der Waals surface area contributed by atoms with E-state index in [4.69, 9.17) is 4.74 Å². The predicted octanol–water partition coefficient (Wildman–Crippen LogP) is 3.27. The van der Waals surface area contributed by atoms with Gasteiger partial charge in [0.15, 0.2) is 0 Å². The van der Waals surface area contributed by atoms with E-state index in [1.54, 1.807) is 11.3 Å². The Hall–Kier alpha value is -1.51. The molecule has 180 valence electrons. The van der Waals surface area contributed by atoms with Crippen molar-refractivity contribution in [2.45, 2.75) is 84.8 Å². The first-order valence-corrected chi connectivity index (χ1v) is 13.0. The second-order valence-corrected chi connectivity index (χ2v) is 11.0. The van der Waals surface area contributed by atoms with Crippen LogP contribution in [0, 0.1) is 18.3 Å². The van der Waals surface area contributed by atoms with E-state index in [0.29, 0.717) is 25.6 Å². The van der Waals surface area contributed by atoms with Crippen LogP contribution in [0.5, 0.6) is 0 Å². The number of rotatable bonds is 4. The van der Waals surface area contributed by atoms with Crippen LogP contribution < -0.4 is 10.6 Å². The van der Waals surface area contributed by atoms with Gasteiger partial charge < -0.3 is 15.4 Å². The zero-order valence-corrected chi connectivity index (χ0v) is 20.9. The molecule has 3 rings (SSSR count). The normalized spacial score (nSPS) is 26.2. The van der Waals surface area contributed by atoms with Crippen LogP contribution in [0.4, 0.5) is 0 Å². The van der Waals surface area contributed by atoms with Crippen LogP contribution in [-0.2, 0) is 20.9 Å². The summed E-state index contributed by atoms with van der Waals surface area (Å²) in [5.41, 5.74) is 2.60. The van der Waals surface area contributed by atoms with Gasteiger partial charge in [0.25, 0.3) is 0 Å². The molecule has 2 N–H and O–H groups in total. The summed E-state index contributed by atoms with van der Waals surface area (Å²) >= 11 is 1.70. The average Bonchev–Trinajstić information content (AvgIpc) is 3.14.